The molecule has 4 rings (SSSR count). The van der Waals surface area contributed by atoms with E-state index in [4.69, 9.17) is 4.74 Å². The number of hydrogen-bond acceptors (Lipinski definition) is 6. The van der Waals surface area contributed by atoms with Crippen LogP contribution in [0, 0.1) is 0 Å². The van der Waals surface area contributed by atoms with Crippen LogP contribution < -0.4 is 15.4 Å². The van der Waals surface area contributed by atoms with Crippen LogP contribution in [0.25, 0.3) is 5.65 Å². The Labute approximate surface area is 184 Å². The topological polar surface area (TPSA) is 118 Å². The molecule has 1 aliphatic rings. The summed E-state index contributed by atoms with van der Waals surface area (Å²) in [4.78, 5) is 38.6. The van der Waals surface area contributed by atoms with Crippen molar-refractivity contribution in [3.05, 3.63) is 60.0 Å². The summed E-state index contributed by atoms with van der Waals surface area (Å²) < 4.78 is 6.92. The first-order chi connectivity index (χ1) is 15.5. The van der Waals surface area contributed by atoms with Gasteiger partial charge in [0.15, 0.2) is 11.5 Å². The summed E-state index contributed by atoms with van der Waals surface area (Å²) in [6.07, 6.45) is 2.18. The van der Waals surface area contributed by atoms with Crippen LogP contribution in [0.5, 0.6) is 5.75 Å². The molecule has 0 bridgehead atoms. The number of carbonyl (C=O) groups excluding carboxylic acids is 3. The summed E-state index contributed by atoms with van der Waals surface area (Å²) in [7, 11) is 1.59. The Bertz CT molecular complexity index is 1140. The lowest BCUT2D eigenvalue weighted by atomic mass is 10.1. The third-order valence-electron chi connectivity index (χ3n) is 5.38. The fraction of sp³-hybridized carbons (Fsp3) is 0.318. The predicted octanol–water partition coefficient (Wildman–Crippen LogP) is 1.47. The fourth-order valence-electron chi connectivity index (χ4n) is 3.67. The second-order valence-electron chi connectivity index (χ2n) is 7.57. The molecule has 3 aromatic rings. The summed E-state index contributed by atoms with van der Waals surface area (Å²) >= 11 is 0. The molecule has 10 heteroatoms. The van der Waals surface area contributed by atoms with E-state index in [9.17, 15) is 14.4 Å². The molecular formula is C22H24N6O4. The second kappa shape index (κ2) is 9.04. The third-order valence-corrected chi connectivity index (χ3v) is 5.38. The number of ether oxygens (including phenoxy) is 1. The van der Waals surface area contributed by atoms with E-state index in [0.29, 0.717) is 17.9 Å². The van der Waals surface area contributed by atoms with E-state index in [1.165, 1.54) is 0 Å². The van der Waals surface area contributed by atoms with Crippen LogP contribution in [0.4, 0.5) is 4.79 Å². The van der Waals surface area contributed by atoms with E-state index < -0.39 is 24.0 Å². The third kappa shape index (κ3) is 4.39. The van der Waals surface area contributed by atoms with Gasteiger partial charge >= 0.3 is 6.03 Å². The Kier molecular flexibility index (Phi) is 6.02. The number of nitrogens with one attached hydrogen (secondary N) is 2. The number of pyridine rings is 1. The molecule has 3 heterocycles. The lowest BCUT2D eigenvalue weighted by Crippen LogP contribution is -2.38. The van der Waals surface area contributed by atoms with Crippen molar-refractivity contribution in [2.75, 3.05) is 13.7 Å². The summed E-state index contributed by atoms with van der Waals surface area (Å²) in [6.45, 7) is 2.02. The smallest absolute Gasteiger partial charge is 0.324 e. The number of urea groups is 1. The van der Waals surface area contributed by atoms with Gasteiger partial charge in [0.1, 0.15) is 11.8 Å². The molecule has 0 radical (unpaired) electrons. The molecule has 1 fully saturated rings. The van der Waals surface area contributed by atoms with Crippen LogP contribution in [0.3, 0.4) is 0 Å². The standard InChI is InChI=1S/C22H24N6O4/c1-14(20-26-25-18-5-3-4-11-27(18)20)23-19(29)13-17-21(30)28(22(31)24-17)12-10-15-6-8-16(32-2)9-7-15/h3-9,11,14,17H,10,12-13H2,1-2H3,(H,23,29)(H,24,31)/t14-,17-/m0/s1. The zero-order chi connectivity index (χ0) is 22.7. The van der Waals surface area contributed by atoms with Crippen LogP contribution >= 0.6 is 0 Å². The van der Waals surface area contributed by atoms with Gasteiger partial charge in [0.2, 0.25) is 5.91 Å². The predicted molar refractivity (Wildman–Crippen MR) is 115 cm³/mol. The van der Waals surface area contributed by atoms with Gasteiger partial charge in [-0.25, -0.2) is 4.79 Å². The SMILES string of the molecule is COc1ccc(CCN2C(=O)N[C@@H](CC(=O)N[C@@H](C)c3nnc4ccccn34)C2=O)cc1. The highest BCUT2D eigenvalue weighted by molar-refractivity contribution is 6.05. The first-order valence-electron chi connectivity index (χ1n) is 10.3. The average molecular weight is 436 g/mol. The number of hydrogen-bond donors (Lipinski definition) is 2. The number of amides is 4. The monoisotopic (exact) mass is 436 g/mol. The number of benzene rings is 1. The number of fused-ring (bicyclic) bond motifs is 1. The first kappa shape index (κ1) is 21.3. The van der Waals surface area contributed by atoms with E-state index in [1.54, 1.807) is 18.4 Å². The highest BCUT2D eigenvalue weighted by Gasteiger charge is 2.38. The summed E-state index contributed by atoms with van der Waals surface area (Å²) in [5.41, 5.74) is 1.65. The van der Waals surface area contributed by atoms with Crippen molar-refractivity contribution in [3.63, 3.8) is 0 Å². The van der Waals surface area contributed by atoms with Crippen molar-refractivity contribution in [2.24, 2.45) is 0 Å². The van der Waals surface area contributed by atoms with Crippen molar-refractivity contribution in [1.29, 1.82) is 0 Å². The normalized spacial score (nSPS) is 16.8. The van der Waals surface area contributed by atoms with Crippen LogP contribution in [-0.4, -0.2) is 57.0 Å². The molecule has 2 aromatic heterocycles. The quantitative estimate of drug-likeness (QED) is 0.517. The molecule has 32 heavy (non-hydrogen) atoms. The zero-order valence-electron chi connectivity index (χ0n) is 17.8. The highest BCUT2D eigenvalue weighted by Crippen LogP contribution is 2.16. The van der Waals surface area contributed by atoms with E-state index in [0.717, 1.165) is 16.2 Å². The van der Waals surface area contributed by atoms with Crippen molar-refractivity contribution < 1.29 is 19.1 Å². The highest BCUT2D eigenvalue weighted by atomic mass is 16.5. The fourth-order valence-corrected chi connectivity index (χ4v) is 3.67. The van der Waals surface area contributed by atoms with Crippen LogP contribution in [0.1, 0.15) is 30.8 Å². The summed E-state index contributed by atoms with van der Waals surface area (Å²) in [6, 6.07) is 11.2. The minimum Gasteiger partial charge on any atom is -0.497 e. The molecule has 0 unspecified atom stereocenters. The van der Waals surface area contributed by atoms with Crippen LogP contribution in [0.15, 0.2) is 48.7 Å². The molecule has 1 aromatic carbocycles. The number of aromatic nitrogens is 3. The lowest BCUT2D eigenvalue weighted by Gasteiger charge is -2.15. The van der Waals surface area contributed by atoms with Gasteiger partial charge in [-0.15, -0.1) is 10.2 Å². The molecular weight excluding hydrogens is 412 g/mol. The number of carbonyl (C=O) groups is 3. The molecule has 1 aliphatic heterocycles. The Morgan fingerprint density at radius 1 is 1.19 bits per heavy atom. The van der Waals surface area contributed by atoms with Crippen molar-refractivity contribution >= 4 is 23.5 Å². The molecule has 0 aliphatic carbocycles. The van der Waals surface area contributed by atoms with Crippen LogP contribution in [0.2, 0.25) is 0 Å². The Morgan fingerprint density at radius 2 is 1.97 bits per heavy atom. The zero-order valence-corrected chi connectivity index (χ0v) is 17.8. The summed E-state index contributed by atoms with van der Waals surface area (Å²) in [5.74, 6) is 0.556. The molecule has 2 N–H and O–H groups in total. The van der Waals surface area contributed by atoms with E-state index in [1.807, 2.05) is 48.7 Å². The van der Waals surface area contributed by atoms with Gasteiger partial charge in [0, 0.05) is 12.7 Å². The molecule has 166 valence electrons. The van der Waals surface area contributed by atoms with Gasteiger partial charge in [-0.2, -0.15) is 0 Å². The van der Waals surface area contributed by atoms with Crippen molar-refractivity contribution in [1.82, 2.24) is 30.1 Å². The maximum absolute atomic E-state index is 12.7. The van der Waals surface area contributed by atoms with Crippen LogP contribution in [-0.2, 0) is 16.0 Å². The average Bonchev–Trinajstić information content (AvgIpc) is 3.33. The number of methoxy groups -OCH3 is 1. The maximum Gasteiger partial charge on any atom is 0.324 e. The van der Waals surface area contributed by atoms with Gasteiger partial charge in [0.05, 0.1) is 19.6 Å². The van der Waals surface area contributed by atoms with E-state index >= 15 is 0 Å². The lowest BCUT2D eigenvalue weighted by molar-refractivity contribution is -0.131. The van der Waals surface area contributed by atoms with Gasteiger partial charge in [0.25, 0.3) is 5.91 Å². The number of nitrogens with zero attached hydrogens (tertiary/aromatic N) is 4. The molecule has 0 saturated carbocycles. The molecule has 0 spiro atoms. The Balaban J connectivity index is 1.32. The van der Waals surface area contributed by atoms with Crippen molar-refractivity contribution in [2.45, 2.75) is 31.8 Å². The largest absolute Gasteiger partial charge is 0.497 e. The van der Waals surface area contributed by atoms with Gasteiger partial charge < -0.3 is 15.4 Å². The first-order valence-corrected chi connectivity index (χ1v) is 10.3. The second-order valence-corrected chi connectivity index (χ2v) is 7.57. The number of imide groups is 1. The molecule has 10 nitrogen and oxygen atoms in total. The molecule has 2 atom stereocenters. The van der Waals surface area contributed by atoms with E-state index in [-0.39, 0.29) is 18.9 Å². The maximum atomic E-state index is 12.7. The van der Waals surface area contributed by atoms with Gasteiger partial charge in [-0.1, -0.05) is 18.2 Å². The minimum absolute atomic E-state index is 0.148. The van der Waals surface area contributed by atoms with Gasteiger partial charge in [-0.05, 0) is 43.2 Å². The van der Waals surface area contributed by atoms with Gasteiger partial charge in [-0.3, -0.25) is 18.9 Å². The number of rotatable bonds is 8. The molecule has 4 amide bonds. The van der Waals surface area contributed by atoms with Crippen molar-refractivity contribution in [3.8, 4) is 5.75 Å². The Morgan fingerprint density at radius 3 is 2.72 bits per heavy atom. The minimum atomic E-state index is -0.888. The van der Waals surface area contributed by atoms with E-state index in [2.05, 4.69) is 20.8 Å². The molecule has 1 saturated heterocycles. The Hall–Kier alpha value is -3.95. The summed E-state index contributed by atoms with van der Waals surface area (Å²) in [5, 5.41) is 13.6.